The van der Waals surface area contributed by atoms with Gasteiger partial charge in [0.25, 0.3) is 0 Å². The van der Waals surface area contributed by atoms with Gasteiger partial charge >= 0.3 is 0 Å². The molecule has 0 aromatic heterocycles. The molecule has 1 nitrogen and oxygen atoms in total. The van der Waals surface area contributed by atoms with Crippen LogP contribution in [0.5, 0.6) is 0 Å². The summed E-state index contributed by atoms with van der Waals surface area (Å²) in [6.45, 7) is 6.15. The van der Waals surface area contributed by atoms with Crippen molar-refractivity contribution in [1.82, 2.24) is 4.90 Å². The van der Waals surface area contributed by atoms with Crippen LogP contribution in [-0.2, 0) is 6.54 Å². The lowest BCUT2D eigenvalue weighted by Crippen LogP contribution is -2.33. The van der Waals surface area contributed by atoms with Gasteiger partial charge < -0.3 is 0 Å². The van der Waals surface area contributed by atoms with Crippen molar-refractivity contribution in [1.29, 1.82) is 0 Å². The van der Waals surface area contributed by atoms with Crippen LogP contribution in [0.25, 0.3) is 0 Å². The van der Waals surface area contributed by atoms with Crippen LogP contribution in [0, 0.1) is 18.7 Å². The second-order valence-electron chi connectivity index (χ2n) is 5.03. The summed E-state index contributed by atoms with van der Waals surface area (Å²) in [6.07, 6.45) is 1.19. The molecule has 17 heavy (non-hydrogen) atoms. The van der Waals surface area contributed by atoms with Crippen molar-refractivity contribution in [3.05, 3.63) is 35.1 Å². The summed E-state index contributed by atoms with van der Waals surface area (Å²) in [5.41, 5.74) is 2.23. The summed E-state index contributed by atoms with van der Waals surface area (Å²) in [6, 6.07) is 5.44. The van der Waals surface area contributed by atoms with Gasteiger partial charge in [0.1, 0.15) is 5.82 Å². The Kier molecular flexibility index (Phi) is 4.05. The summed E-state index contributed by atoms with van der Waals surface area (Å²) < 4.78 is 13.2. The third kappa shape index (κ3) is 2.80. The van der Waals surface area contributed by atoms with Crippen molar-refractivity contribution < 1.29 is 4.39 Å². The summed E-state index contributed by atoms with van der Waals surface area (Å²) in [5, 5.41) is 0. The Morgan fingerprint density at radius 3 is 2.94 bits per heavy atom. The van der Waals surface area contributed by atoms with Gasteiger partial charge in [-0.1, -0.05) is 13.0 Å². The molecule has 0 radical (unpaired) electrons. The largest absolute Gasteiger partial charge is 0.295 e. The van der Waals surface area contributed by atoms with Gasteiger partial charge in [0.05, 0.1) is 0 Å². The highest BCUT2D eigenvalue weighted by molar-refractivity contribution is 6.18. The number of halogens is 2. The fraction of sp³-hybridized carbons (Fsp3) is 0.571. The molecule has 2 atom stereocenters. The van der Waals surface area contributed by atoms with Crippen molar-refractivity contribution in [2.45, 2.75) is 32.9 Å². The van der Waals surface area contributed by atoms with Crippen LogP contribution in [-0.4, -0.2) is 23.4 Å². The van der Waals surface area contributed by atoms with Gasteiger partial charge in [0.15, 0.2) is 0 Å². The van der Waals surface area contributed by atoms with Crippen LogP contribution in [0.4, 0.5) is 4.39 Å². The zero-order valence-electron chi connectivity index (χ0n) is 10.4. The Morgan fingerprint density at radius 2 is 2.24 bits per heavy atom. The molecule has 0 N–H and O–H groups in total. The van der Waals surface area contributed by atoms with Crippen LogP contribution < -0.4 is 0 Å². The first-order chi connectivity index (χ1) is 8.11. The molecular formula is C14H19ClFN. The monoisotopic (exact) mass is 255 g/mol. The number of aryl methyl sites for hydroxylation is 1. The number of benzene rings is 1. The topological polar surface area (TPSA) is 3.24 Å². The highest BCUT2D eigenvalue weighted by Crippen LogP contribution is 2.27. The Hall–Kier alpha value is -0.600. The zero-order chi connectivity index (χ0) is 12.4. The van der Waals surface area contributed by atoms with E-state index in [1.807, 2.05) is 13.0 Å². The van der Waals surface area contributed by atoms with Crippen LogP contribution >= 0.6 is 11.6 Å². The average Bonchev–Trinajstić information content (AvgIpc) is 2.64. The summed E-state index contributed by atoms with van der Waals surface area (Å²) in [7, 11) is 0. The predicted octanol–water partition coefficient (Wildman–Crippen LogP) is 3.58. The zero-order valence-corrected chi connectivity index (χ0v) is 11.2. The van der Waals surface area contributed by atoms with Gasteiger partial charge in [-0.15, -0.1) is 11.6 Å². The van der Waals surface area contributed by atoms with Crippen molar-refractivity contribution >= 4 is 11.6 Å². The number of alkyl halides is 1. The molecular weight excluding hydrogens is 237 g/mol. The highest BCUT2D eigenvalue weighted by Gasteiger charge is 2.30. The molecule has 1 aliphatic rings. The number of hydrogen-bond donors (Lipinski definition) is 0. The quantitative estimate of drug-likeness (QED) is 0.747. The number of hydrogen-bond acceptors (Lipinski definition) is 1. The molecule has 0 amide bonds. The average molecular weight is 256 g/mol. The summed E-state index contributed by atoms with van der Waals surface area (Å²) in [5.74, 6) is 1.15. The molecule has 3 heteroatoms. The van der Waals surface area contributed by atoms with Crippen molar-refractivity contribution in [2.75, 3.05) is 12.4 Å². The van der Waals surface area contributed by atoms with E-state index in [1.54, 1.807) is 6.07 Å². The van der Waals surface area contributed by atoms with Gasteiger partial charge in [-0.25, -0.2) is 4.39 Å². The van der Waals surface area contributed by atoms with Gasteiger partial charge in [-0.2, -0.15) is 0 Å². The van der Waals surface area contributed by atoms with Gasteiger partial charge in [0.2, 0.25) is 0 Å². The molecule has 94 valence electrons. The lowest BCUT2D eigenvalue weighted by atomic mass is 10.0. The molecule has 1 aromatic rings. The fourth-order valence-electron chi connectivity index (χ4n) is 2.56. The molecule has 1 saturated heterocycles. The normalized spacial score (nSPS) is 25.4. The predicted molar refractivity (Wildman–Crippen MR) is 69.8 cm³/mol. The minimum Gasteiger partial charge on any atom is -0.295 e. The second kappa shape index (κ2) is 5.36. The van der Waals surface area contributed by atoms with Gasteiger partial charge in [-0.3, -0.25) is 4.90 Å². The van der Waals surface area contributed by atoms with Crippen LogP contribution in [0.1, 0.15) is 24.5 Å². The van der Waals surface area contributed by atoms with E-state index < -0.39 is 0 Å². The summed E-state index contributed by atoms with van der Waals surface area (Å²) in [4.78, 5) is 2.37. The minimum atomic E-state index is -0.153. The minimum absolute atomic E-state index is 0.153. The van der Waals surface area contributed by atoms with Crippen molar-refractivity contribution in [3.63, 3.8) is 0 Å². The molecule has 2 unspecified atom stereocenters. The Bertz CT molecular complexity index is 394. The lowest BCUT2D eigenvalue weighted by Gasteiger charge is -2.25. The van der Waals surface area contributed by atoms with E-state index in [4.69, 9.17) is 11.6 Å². The fourth-order valence-corrected chi connectivity index (χ4v) is 3.06. The first kappa shape index (κ1) is 12.8. The van der Waals surface area contributed by atoms with E-state index >= 15 is 0 Å². The van der Waals surface area contributed by atoms with Crippen LogP contribution in [0.3, 0.4) is 0 Å². The van der Waals surface area contributed by atoms with E-state index in [1.165, 1.54) is 12.5 Å². The Balaban J connectivity index is 2.12. The van der Waals surface area contributed by atoms with Crippen molar-refractivity contribution in [2.24, 2.45) is 5.92 Å². The molecule has 2 rings (SSSR count). The van der Waals surface area contributed by atoms with Crippen molar-refractivity contribution in [3.8, 4) is 0 Å². The molecule has 1 heterocycles. The van der Waals surface area contributed by atoms with Crippen LogP contribution in [0.15, 0.2) is 18.2 Å². The second-order valence-corrected chi connectivity index (χ2v) is 5.34. The maximum Gasteiger partial charge on any atom is 0.123 e. The number of nitrogens with zero attached hydrogens (tertiary/aromatic N) is 1. The first-order valence-electron chi connectivity index (χ1n) is 6.17. The van der Waals surface area contributed by atoms with E-state index in [-0.39, 0.29) is 5.82 Å². The van der Waals surface area contributed by atoms with Gasteiger partial charge in [-0.05, 0) is 49.1 Å². The van der Waals surface area contributed by atoms with E-state index in [2.05, 4.69) is 11.8 Å². The Morgan fingerprint density at radius 1 is 1.47 bits per heavy atom. The molecule has 1 fully saturated rings. The molecule has 0 bridgehead atoms. The van der Waals surface area contributed by atoms with E-state index in [0.717, 1.165) is 24.2 Å². The maximum atomic E-state index is 13.2. The lowest BCUT2D eigenvalue weighted by molar-refractivity contribution is 0.241. The molecule has 0 saturated carbocycles. The summed E-state index contributed by atoms with van der Waals surface area (Å²) >= 11 is 6.02. The molecule has 0 spiro atoms. The third-order valence-corrected chi connectivity index (χ3v) is 4.16. The first-order valence-corrected chi connectivity index (χ1v) is 6.70. The van der Waals surface area contributed by atoms with E-state index in [0.29, 0.717) is 17.8 Å². The molecule has 0 aliphatic carbocycles. The Labute approximate surface area is 108 Å². The number of rotatable bonds is 3. The standard InChI is InChI=1S/C14H19ClFN/c1-10-3-4-13(16)7-12(10)9-17-6-5-11(2)14(17)8-15/h3-4,7,11,14H,5-6,8-9H2,1-2H3. The smallest absolute Gasteiger partial charge is 0.123 e. The number of likely N-dealkylation sites (tertiary alicyclic amines) is 1. The van der Waals surface area contributed by atoms with E-state index in [9.17, 15) is 4.39 Å². The molecule has 1 aliphatic heterocycles. The van der Waals surface area contributed by atoms with Crippen LogP contribution in [0.2, 0.25) is 0 Å². The SMILES string of the molecule is Cc1ccc(F)cc1CN1CCC(C)C1CCl. The van der Waals surface area contributed by atoms with Gasteiger partial charge in [0, 0.05) is 18.5 Å². The maximum absolute atomic E-state index is 13.2. The highest BCUT2D eigenvalue weighted by atomic mass is 35.5. The third-order valence-electron chi connectivity index (χ3n) is 3.84. The molecule has 1 aromatic carbocycles.